The van der Waals surface area contributed by atoms with E-state index in [4.69, 9.17) is 0 Å². The number of benzene rings is 1. The van der Waals surface area contributed by atoms with E-state index in [0.29, 0.717) is 0 Å². The molecule has 1 unspecified atom stereocenters. The molecule has 0 heterocycles. The van der Waals surface area contributed by atoms with Crippen molar-refractivity contribution in [3.8, 4) is 0 Å². The SMILES string of the molecule is CCCNC(CCN(CC)CC)c1cc(Br)ccc1F. The lowest BCUT2D eigenvalue weighted by atomic mass is 10.0. The molecule has 20 heavy (non-hydrogen) atoms. The molecule has 0 aromatic heterocycles. The van der Waals surface area contributed by atoms with Crippen LogP contribution in [0.1, 0.15) is 45.2 Å². The van der Waals surface area contributed by atoms with Gasteiger partial charge in [0.1, 0.15) is 5.82 Å². The fraction of sp³-hybridized carbons (Fsp3) is 0.625. The van der Waals surface area contributed by atoms with Gasteiger partial charge >= 0.3 is 0 Å². The van der Waals surface area contributed by atoms with Crippen molar-refractivity contribution in [2.75, 3.05) is 26.2 Å². The molecule has 4 heteroatoms. The van der Waals surface area contributed by atoms with Crippen molar-refractivity contribution in [1.29, 1.82) is 0 Å². The molecule has 0 fully saturated rings. The van der Waals surface area contributed by atoms with Crippen LogP contribution in [0.15, 0.2) is 22.7 Å². The molecule has 0 amide bonds. The quantitative estimate of drug-likeness (QED) is 0.715. The maximum Gasteiger partial charge on any atom is 0.128 e. The molecule has 0 saturated heterocycles. The first-order chi connectivity index (χ1) is 9.62. The van der Waals surface area contributed by atoms with Crippen molar-refractivity contribution >= 4 is 15.9 Å². The van der Waals surface area contributed by atoms with Gasteiger partial charge in [-0.25, -0.2) is 4.39 Å². The van der Waals surface area contributed by atoms with E-state index >= 15 is 0 Å². The average molecular weight is 345 g/mol. The van der Waals surface area contributed by atoms with E-state index in [1.807, 2.05) is 6.07 Å². The third-order valence-electron chi connectivity index (χ3n) is 3.60. The smallest absolute Gasteiger partial charge is 0.128 e. The third kappa shape index (κ3) is 5.51. The maximum absolute atomic E-state index is 14.1. The molecule has 0 radical (unpaired) electrons. The molecule has 0 saturated carbocycles. The molecule has 0 aliphatic carbocycles. The van der Waals surface area contributed by atoms with Gasteiger partial charge < -0.3 is 10.2 Å². The predicted molar refractivity (Wildman–Crippen MR) is 87.5 cm³/mol. The Balaban J connectivity index is 2.79. The lowest BCUT2D eigenvalue weighted by Gasteiger charge is -2.24. The van der Waals surface area contributed by atoms with E-state index < -0.39 is 0 Å². The summed E-state index contributed by atoms with van der Waals surface area (Å²) in [6.45, 7) is 10.4. The molecule has 114 valence electrons. The zero-order chi connectivity index (χ0) is 15.0. The minimum Gasteiger partial charge on any atom is -0.310 e. The van der Waals surface area contributed by atoms with Crippen LogP contribution in [0, 0.1) is 5.82 Å². The number of rotatable bonds is 9. The Morgan fingerprint density at radius 1 is 1.25 bits per heavy atom. The topological polar surface area (TPSA) is 15.3 Å². The van der Waals surface area contributed by atoms with Gasteiger partial charge in [-0.1, -0.05) is 36.7 Å². The Morgan fingerprint density at radius 2 is 1.95 bits per heavy atom. The molecular formula is C16H26BrFN2. The second-order valence-corrected chi connectivity index (χ2v) is 5.90. The van der Waals surface area contributed by atoms with Crippen LogP contribution in [-0.4, -0.2) is 31.1 Å². The van der Waals surface area contributed by atoms with Crippen LogP contribution in [0.25, 0.3) is 0 Å². The Kier molecular flexibility index (Phi) is 8.34. The zero-order valence-corrected chi connectivity index (χ0v) is 14.3. The third-order valence-corrected chi connectivity index (χ3v) is 4.10. The normalized spacial score (nSPS) is 12.9. The molecule has 1 aromatic rings. The molecule has 0 aliphatic heterocycles. The fourth-order valence-corrected chi connectivity index (χ4v) is 2.70. The lowest BCUT2D eigenvalue weighted by molar-refractivity contribution is 0.280. The molecule has 0 spiro atoms. The van der Waals surface area contributed by atoms with Crippen LogP contribution in [0.2, 0.25) is 0 Å². The Morgan fingerprint density at radius 3 is 2.55 bits per heavy atom. The number of hydrogen-bond donors (Lipinski definition) is 1. The van der Waals surface area contributed by atoms with Crippen molar-refractivity contribution in [2.45, 2.75) is 39.7 Å². The number of halogens is 2. The second kappa shape index (κ2) is 9.48. The first-order valence-electron chi connectivity index (χ1n) is 7.53. The standard InChI is InChI=1S/C16H26BrFN2/c1-4-10-19-16(9-11-20(5-2)6-3)14-12-13(17)7-8-15(14)18/h7-8,12,16,19H,4-6,9-11H2,1-3H3. The summed E-state index contributed by atoms with van der Waals surface area (Å²) < 4.78 is 15.0. The van der Waals surface area contributed by atoms with E-state index in [1.165, 1.54) is 6.07 Å². The number of nitrogens with one attached hydrogen (secondary N) is 1. The lowest BCUT2D eigenvalue weighted by Crippen LogP contribution is -2.30. The van der Waals surface area contributed by atoms with Gasteiger partial charge in [0, 0.05) is 16.1 Å². The monoisotopic (exact) mass is 344 g/mol. The first-order valence-corrected chi connectivity index (χ1v) is 8.32. The minimum atomic E-state index is -0.124. The van der Waals surface area contributed by atoms with Crippen LogP contribution in [0.4, 0.5) is 4.39 Å². The van der Waals surface area contributed by atoms with E-state index in [-0.39, 0.29) is 11.9 Å². The van der Waals surface area contributed by atoms with E-state index in [0.717, 1.165) is 49.1 Å². The van der Waals surface area contributed by atoms with Gasteiger partial charge in [-0.15, -0.1) is 0 Å². The summed E-state index contributed by atoms with van der Waals surface area (Å²) in [6, 6.07) is 5.26. The Labute approximate surface area is 130 Å². The summed E-state index contributed by atoms with van der Waals surface area (Å²) in [6.07, 6.45) is 1.98. The van der Waals surface area contributed by atoms with Crippen LogP contribution in [0.3, 0.4) is 0 Å². The highest BCUT2D eigenvalue weighted by Gasteiger charge is 2.16. The first kappa shape index (κ1) is 17.6. The van der Waals surface area contributed by atoms with Gasteiger partial charge in [-0.3, -0.25) is 0 Å². The van der Waals surface area contributed by atoms with Crippen molar-refractivity contribution < 1.29 is 4.39 Å². The van der Waals surface area contributed by atoms with E-state index in [9.17, 15) is 4.39 Å². The molecule has 2 nitrogen and oxygen atoms in total. The molecule has 1 N–H and O–H groups in total. The molecule has 1 aromatic carbocycles. The van der Waals surface area contributed by atoms with Crippen LogP contribution in [0.5, 0.6) is 0 Å². The number of hydrogen-bond acceptors (Lipinski definition) is 2. The molecule has 1 atom stereocenters. The highest BCUT2D eigenvalue weighted by Crippen LogP contribution is 2.24. The summed E-state index contributed by atoms with van der Waals surface area (Å²) in [5.41, 5.74) is 0.764. The summed E-state index contributed by atoms with van der Waals surface area (Å²) in [7, 11) is 0. The van der Waals surface area contributed by atoms with Gasteiger partial charge in [0.15, 0.2) is 0 Å². The molecule has 1 rings (SSSR count). The van der Waals surface area contributed by atoms with E-state index in [2.05, 4.69) is 46.9 Å². The van der Waals surface area contributed by atoms with Gasteiger partial charge in [-0.2, -0.15) is 0 Å². The maximum atomic E-state index is 14.1. The van der Waals surface area contributed by atoms with Gasteiger partial charge in [0.2, 0.25) is 0 Å². The molecular weight excluding hydrogens is 319 g/mol. The van der Waals surface area contributed by atoms with E-state index in [1.54, 1.807) is 6.07 Å². The van der Waals surface area contributed by atoms with Gasteiger partial charge in [0.05, 0.1) is 0 Å². The predicted octanol–water partition coefficient (Wildman–Crippen LogP) is 4.36. The summed E-state index contributed by atoms with van der Waals surface area (Å²) >= 11 is 3.44. The largest absolute Gasteiger partial charge is 0.310 e. The van der Waals surface area contributed by atoms with Crippen LogP contribution in [-0.2, 0) is 0 Å². The fourth-order valence-electron chi connectivity index (χ4n) is 2.32. The highest BCUT2D eigenvalue weighted by molar-refractivity contribution is 9.10. The number of nitrogens with zero attached hydrogens (tertiary/aromatic N) is 1. The van der Waals surface area contributed by atoms with Crippen molar-refractivity contribution in [3.05, 3.63) is 34.1 Å². The van der Waals surface area contributed by atoms with Crippen molar-refractivity contribution in [2.24, 2.45) is 0 Å². The minimum absolute atomic E-state index is 0.0769. The molecule has 0 aliphatic rings. The second-order valence-electron chi connectivity index (χ2n) is 4.99. The zero-order valence-electron chi connectivity index (χ0n) is 12.8. The van der Waals surface area contributed by atoms with Gasteiger partial charge in [0.25, 0.3) is 0 Å². The van der Waals surface area contributed by atoms with Crippen molar-refractivity contribution in [1.82, 2.24) is 10.2 Å². The van der Waals surface area contributed by atoms with Crippen LogP contribution >= 0.6 is 15.9 Å². The van der Waals surface area contributed by atoms with Gasteiger partial charge in [-0.05, 0) is 57.2 Å². The summed E-state index contributed by atoms with van der Waals surface area (Å²) in [5, 5.41) is 3.47. The van der Waals surface area contributed by atoms with Crippen LogP contribution < -0.4 is 5.32 Å². The summed E-state index contributed by atoms with van der Waals surface area (Å²) in [4.78, 5) is 2.37. The highest BCUT2D eigenvalue weighted by atomic mass is 79.9. The average Bonchev–Trinajstić information content (AvgIpc) is 2.46. The summed E-state index contributed by atoms with van der Waals surface area (Å²) in [5.74, 6) is -0.124. The Hall–Kier alpha value is -0.450. The van der Waals surface area contributed by atoms with Crippen molar-refractivity contribution in [3.63, 3.8) is 0 Å². The molecule has 0 bridgehead atoms. The Bertz CT molecular complexity index is 394.